The third-order valence-electron chi connectivity index (χ3n) is 5.04. The average Bonchev–Trinajstić information content (AvgIpc) is 3.20. The zero-order chi connectivity index (χ0) is 21.9. The second-order valence-electron chi connectivity index (χ2n) is 7.18. The zero-order valence-corrected chi connectivity index (χ0v) is 18.0. The summed E-state index contributed by atoms with van der Waals surface area (Å²) in [5, 5.41) is 11.4. The number of hydrogen-bond acceptors (Lipinski definition) is 6. The van der Waals surface area contributed by atoms with Crippen LogP contribution in [0.3, 0.4) is 0 Å². The molecule has 158 valence electrons. The monoisotopic (exact) mass is 442 g/mol. The van der Waals surface area contributed by atoms with Gasteiger partial charge in [-0.05, 0) is 42.0 Å². The van der Waals surface area contributed by atoms with E-state index in [0.717, 1.165) is 33.8 Å². The van der Waals surface area contributed by atoms with Gasteiger partial charge < -0.3 is 10.1 Å². The number of halogens is 1. The summed E-state index contributed by atoms with van der Waals surface area (Å²) in [4.78, 5) is 13.8. The van der Waals surface area contributed by atoms with Gasteiger partial charge in [0.2, 0.25) is 0 Å². The molecule has 0 aliphatic carbocycles. The fourth-order valence-corrected chi connectivity index (χ4v) is 3.70. The number of amidine groups is 2. The van der Waals surface area contributed by atoms with Crippen LogP contribution in [-0.2, 0) is 6.42 Å². The molecule has 0 atom stereocenters. The molecule has 7 nitrogen and oxygen atoms in total. The number of nitrogens with zero attached hydrogens (tertiary/aromatic N) is 4. The van der Waals surface area contributed by atoms with E-state index in [2.05, 4.69) is 20.5 Å². The highest BCUT2D eigenvalue weighted by Gasteiger charge is 2.17. The average molecular weight is 443 g/mol. The van der Waals surface area contributed by atoms with Crippen molar-refractivity contribution in [3.05, 3.63) is 89.2 Å². The van der Waals surface area contributed by atoms with Crippen LogP contribution in [0, 0.1) is 0 Å². The number of rotatable bonds is 4. The molecular weight excluding hydrogens is 424 g/mol. The summed E-state index contributed by atoms with van der Waals surface area (Å²) >= 11 is 6.32. The van der Waals surface area contributed by atoms with Crippen molar-refractivity contribution in [2.24, 2.45) is 9.98 Å². The van der Waals surface area contributed by atoms with Crippen LogP contribution in [0.4, 0.5) is 11.5 Å². The number of methoxy groups -OCH3 is 1. The van der Waals surface area contributed by atoms with E-state index in [1.54, 1.807) is 19.5 Å². The largest absolute Gasteiger partial charge is 0.497 e. The molecule has 1 aliphatic rings. The number of fused-ring (bicyclic) bond motifs is 1. The molecular formula is C24H19ClN6O. The first-order valence-electron chi connectivity index (χ1n) is 10.0. The van der Waals surface area contributed by atoms with Gasteiger partial charge in [-0.15, -0.1) is 0 Å². The predicted molar refractivity (Wildman–Crippen MR) is 127 cm³/mol. The lowest BCUT2D eigenvalue weighted by atomic mass is 10.1. The smallest absolute Gasteiger partial charge is 0.163 e. The minimum atomic E-state index is 0.542. The molecule has 8 heteroatoms. The van der Waals surface area contributed by atoms with Gasteiger partial charge in [0.25, 0.3) is 0 Å². The topological polar surface area (TPSA) is 87.5 Å². The highest BCUT2D eigenvalue weighted by atomic mass is 35.5. The van der Waals surface area contributed by atoms with Gasteiger partial charge in [0.15, 0.2) is 5.84 Å². The first-order chi connectivity index (χ1) is 15.7. The number of aliphatic imine (C=N–C) groups is 2. The molecule has 2 aromatic heterocycles. The zero-order valence-electron chi connectivity index (χ0n) is 17.2. The van der Waals surface area contributed by atoms with Crippen molar-refractivity contribution in [3.63, 3.8) is 0 Å². The van der Waals surface area contributed by atoms with Gasteiger partial charge in [-0.3, -0.25) is 10.1 Å². The molecule has 0 unspecified atom stereocenters. The highest BCUT2D eigenvalue weighted by molar-refractivity contribution is 6.33. The molecule has 0 saturated carbocycles. The van der Waals surface area contributed by atoms with Crippen molar-refractivity contribution >= 4 is 34.8 Å². The Bertz CT molecular complexity index is 1330. The van der Waals surface area contributed by atoms with Crippen molar-refractivity contribution in [2.45, 2.75) is 6.42 Å². The molecule has 0 fully saturated rings. The lowest BCUT2D eigenvalue weighted by Crippen LogP contribution is -2.17. The number of H-pyrrole nitrogens is 1. The molecule has 0 spiro atoms. The van der Waals surface area contributed by atoms with Crippen molar-refractivity contribution in [1.82, 2.24) is 15.2 Å². The van der Waals surface area contributed by atoms with Crippen molar-refractivity contribution in [3.8, 4) is 17.0 Å². The predicted octanol–water partition coefficient (Wildman–Crippen LogP) is 5.28. The second kappa shape index (κ2) is 8.64. The number of benzene rings is 2. The number of nitrogens with one attached hydrogen (secondary N) is 2. The third-order valence-corrected chi connectivity index (χ3v) is 5.37. The Morgan fingerprint density at radius 3 is 2.75 bits per heavy atom. The van der Waals surface area contributed by atoms with Crippen LogP contribution in [0.25, 0.3) is 11.3 Å². The Labute approximate surface area is 189 Å². The first-order valence-corrected chi connectivity index (χ1v) is 10.4. The number of pyridine rings is 1. The van der Waals surface area contributed by atoms with E-state index in [0.29, 0.717) is 28.9 Å². The maximum absolute atomic E-state index is 6.32. The van der Waals surface area contributed by atoms with Crippen LogP contribution < -0.4 is 10.1 Å². The van der Waals surface area contributed by atoms with Crippen molar-refractivity contribution < 1.29 is 4.74 Å². The first kappa shape index (κ1) is 20.0. The van der Waals surface area contributed by atoms with E-state index >= 15 is 0 Å². The molecule has 5 rings (SSSR count). The molecule has 0 amide bonds. The van der Waals surface area contributed by atoms with Gasteiger partial charge in [-0.1, -0.05) is 29.8 Å². The second-order valence-corrected chi connectivity index (χ2v) is 7.59. The molecule has 0 bridgehead atoms. The van der Waals surface area contributed by atoms with Gasteiger partial charge in [0.1, 0.15) is 17.4 Å². The van der Waals surface area contributed by atoms with E-state index in [1.807, 2.05) is 60.7 Å². The summed E-state index contributed by atoms with van der Waals surface area (Å²) in [6, 6.07) is 19.1. The Balaban J connectivity index is 1.51. The summed E-state index contributed by atoms with van der Waals surface area (Å²) in [6.07, 6.45) is 4.02. The lowest BCUT2D eigenvalue weighted by molar-refractivity contribution is 0.414. The van der Waals surface area contributed by atoms with Crippen LogP contribution in [0.1, 0.15) is 11.1 Å². The molecule has 2 aromatic carbocycles. The summed E-state index contributed by atoms with van der Waals surface area (Å²) in [5.74, 6) is 2.77. The number of ether oxygens (including phenoxy) is 1. The van der Waals surface area contributed by atoms with E-state index in [1.165, 1.54) is 0 Å². The van der Waals surface area contributed by atoms with Gasteiger partial charge in [0.05, 0.1) is 23.5 Å². The van der Waals surface area contributed by atoms with Crippen LogP contribution in [0.2, 0.25) is 5.02 Å². The summed E-state index contributed by atoms with van der Waals surface area (Å²) in [7, 11) is 1.65. The summed E-state index contributed by atoms with van der Waals surface area (Å²) in [6.45, 7) is 0. The number of hydrogen-bond donors (Lipinski definition) is 2. The quantitative estimate of drug-likeness (QED) is 0.450. The number of aromatic nitrogens is 3. The third kappa shape index (κ3) is 4.10. The maximum Gasteiger partial charge on any atom is 0.163 e. The standard InChI is InChI=1S/C24H19ClN6O/c1-32-17-8-9-20-16(11-17)12-22(29-24(27-20)15-5-4-10-26-14-15)28-23-13-21(30-31-23)18-6-2-3-7-19(18)25/h2-11,13-14H,12H2,1H3,(H2,27,28,29,30,31). The van der Waals surface area contributed by atoms with Gasteiger partial charge in [-0.2, -0.15) is 5.10 Å². The van der Waals surface area contributed by atoms with Gasteiger partial charge in [-0.25, -0.2) is 9.98 Å². The summed E-state index contributed by atoms with van der Waals surface area (Å²) < 4.78 is 5.40. The Kier molecular flexibility index (Phi) is 5.39. The van der Waals surface area contributed by atoms with Gasteiger partial charge >= 0.3 is 0 Å². The minimum absolute atomic E-state index is 0.542. The Morgan fingerprint density at radius 2 is 1.94 bits per heavy atom. The SMILES string of the molecule is COc1ccc2c(c1)CC(Nc1cc(-c3ccccc3Cl)n[nH]1)=NC(c1cccnc1)=N2. The van der Waals surface area contributed by atoms with Crippen LogP contribution in [0.15, 0.2) is 83.0 Å². The number of aromatic amines is 1. The van der Waals surface area contributed by atoms with Crippen LogP contribution in [-0.4, -0.2) is 34.0 Å². The van der Waals surface area contributed by atoms with Crippen molar-refractivity contribution in [2.75, 3.05) is 12.4 Å². The van der Waals surface area contributed by atoms with Crippen LogP contribution in [0.5, 0.6) is 5.75 Å². The normalized spacial score (nSPS) is 12.9. The molecule has 2 N–H and O–H groups in total. The number of anilines is 1. The lowest BCUT2D eigenvalue weighted by Gasteiger charge is -2.09. The fourth-order valence-electron chi connectivity index (χ4n) is 3.47. The molecule has 0 radical (unpaired) electrons. The Hall–Kier alpha value is -3.97. The van der Waals surface area contributed by atoms with Gasteiger partial charge in [0, 0.05) is 36.0 Å². The summed E-state index contributed by atoms with van der Waals surface area (Å²) in [5.41, 5.74) is 4.27. The Morgan fingerprint density at radius 1 is 1.03 bits per heavy atom. The van der Waals surface area contributed by atoms with Crippen molar-refractivity contribution in [1.29, 1.82) is 0 Å². The van der Waals surface area contributed by atoms with E-state index in [-0.39, 0.29) is 0 Å². The molecule has 4 aromatic rings. The molecule has 3 heterocycles. The molecule has 1 aliphatic heterocycles. The van der Waals surface area contributed by atoms with E-state index in [4.69, 9.17) is 26.3 Å². The minimum Gasteiger partial charge on any atom is -0.497 e. The molecule has 32 heavy (non-hydrogen) atoms. The fraction of sp³-hybridized carbons (Fsp3) is 0.0833. The highest BCUT2D eigenvalue weighted by Crippen LogP contribution is 2.30. The van der Waals surface area contributed by atoms with E-state index in [9.17, 15) is 0 Å². The molecule has 0 saturated heterocycles. The van der Waals surface area contributed by atoms with Crippen LogP contribution >= 0.6 is 11.6 Å². The maximum atomic E-state index is 6.32. The van der Waals surface area contributed by atoms with E-state index < -0.39 is 0 Å².